The highest BCUT2D eigenvalue weighted by Crippen LogP contribution is 2.29. The third-order valence-corrected chi connectivity index (χ3v) is 2.49. The van der Waals surface area contributed by atoms with Gasteiger partial charge in [0, 0.05) is 18.0 Å². The van der Waals surface area contributed by atoms with E-state index < -0.39 is 5.92 Å². The van der Waals surface area contributed by atoms with E-state index in [-0.39, 0.29) is 12.1 Å². The van der Waals surface area contributed by atoms with Crippen molar-refractivity contribution in [3.8, 4) is 0 Å². The minimum Gasteiger partial charge on any atom is -0.329 e. The largest absolute Gasteiger partial charge is 0.329 e. The molecule has 0 unspecified atom stereocenters. The van der Waals surface area contributed by atoms with E-state index >= 15 is 0 Å². The van der Waals surface area contributed by atoms with Gasteiger partial charge in [0.15, 0.2) is 0 Å². The smallest absolute Gasteiger partial charge is 0.290 e. The molecule has 0 fully saturated rings. The molecule has 0 atom stereocenters. The lowest BCUT2D eigenvalue weighted by Crippen LogP contribution is -2.21. The minimum absolute atomic E-state index is 0.0306. The van der Waals surface area contributed by atoms with Crippen molar-refractivity contribution in [1.29, 1.82) is 0 Å². The number of benzene rings is 1. The molecule has 16 heavy (non-hydrogen) atoms. The lowest BCUT2D eigenvalue weighted by molar-refractivity contribution is -0.0227. The minimum atomic E-state index is -2.87. The Balaban J connectivity index is 2.24. The second-order valence-electron chi connectivity index (χ2n) is 3.67. The van der Waals surface area contributed by atoms with Crippen LogP contribution in [0.1, 0.15) is 11.4 Å². The van der Waals surface area contributed by atoms with Gasteiger partial charge >= 0.3 is 0 Å². The Morgan fingerprint density at radius 3 is 2.50 bits per heavy atom. The van der Waals surface area contributed by atoms with Gasteiger partial charge in [-0.05, 0) is 6.92 Å². The zero-order valence-corrected chi connectivity index (χ0v) is 8.90. The predicted octanol–water partition coefficient (Wildman–Crippen LogP) is 2.98. The number of hydrogen-bond donors (Lipinski definition) is 0. The van der Waals surface area contributed by atoms with Gasteiger partial charge in [0.1, 0.15) is 5.82 Å². The Morgan fingerprint density at radius 1 is 1.25 bits per heavy atom. The summed E-state index contributed by atoms with van der Waals surface area (Å²) in [6.07, 6.45) is 3.09. The molecule has 0 radical (unpaired) electrons. The first-order valence-electron chi connectivity index (χ1n) is 5.01. The van der Waals surface area contributed by atoms with Crippen LogP contribution in [0.3, 0.4) is 0 Å². The number of imidazole rings is 1. The molecule has 0 spiro atoms. The van der Waals surface area contributed by atoms with Crippen LogP contribution in [-0.2, 0) is 12.5 Å². The average Bonchev–Trinajstić information content (AvgIpc) is 2.65. The van der Waals surface area contributed by atoms with Crippen LogP contribution < -0.4 is 0 Å². The van der Waals surface area contributed by atoms with Crippen molar-refractivity contribution in [2.45, 2.75) is 19.4 Å². The van der Waals surface area contributed by atoms with Crippen LogP contribution in [0, 0.1) is 6.92 Å². The summed E-state index contributed by atoms with van der Waals surface area (Å²) in [6.45, 7) is 1.34. The van der Waals surface area contributed by atoms with E-state index in [9.17, 15) is 8.78 Å². The molecule has 0 aliphatic heterocycles. The van der Waals surface area contributed by atoms with Gasteiger partial charge in [-0.1, -0.05) is 30.3 Å². The lowest BCUT2D eigenvalue weighted by Gasteiger charge is -2.18. The summed E-state index contributed by atoms with van der Waals surface area (Å²) in [5.74, 6) is -2.28. The second-order valence-corrected chi connectivity index (χ2v) is 3.67. The van der Waals surface area contributed by atoms with Gasteiger partial charge < -0.3 is 4.57 Å². The molecule has 1 aromatic carbocycles. The fourth-order valence-electron chi connectivity index (χ4n) is 1.56. The summed E-state index contributed by atoms with van der Waals surface area (Å²) in [5, 5.41) is 0. The topological polar surface area (TPSA) is 17.8 Å². The van der Waals surface area contributed by atoms with Crippen molar-refractivity contribution in [3.63, 3.8) is 0 Å². The van der Waals surface area contributed by atoms with Crippen LogP contribution in [0.25, 0.3) is 0 Å². The molecule has 0 aliphatic rings. The van der Waals surface area contributed by atoms with Crippen molar-refractivity contribution in [3.05, 3.63) is 54.1 Å². The van der Waals surface area contributed by atoms with Gasteiger partial charge in [0.05, 0.1) is 6.54 Å². The Hall–Kier alpha value is -1.71. The van der Waals surface area contributed by atoms with Gasteiger partial charge in [-0.3, -0.25) is 0 Å². The quantitative estimate of drug-likeness (QED) is 0.780. The molecule has 0 amide bonds. The van der Waals surface area contributed by atoms with E-state index in [1.807, 2.05) is 0 Å². The van der Waals surface area contributed by atoms with Crippen molar-refractivity contribution < 1.29 is 8.78 Å². The van der Waals surface area contributed by atoms with Crippen molar-refractivity contribution in [1.82, 2.24) is 9.55 Å². The number of alkyl halides is 2. The van der Waals surface area contributed by atoms with E-state index in [2.05, 4.69) is 4.98 Å². The van der Waals surface area contributed by atoms with E-state index in [4.69, 9.17) is 0 Å². The Kier molecular flexibility index (Phi) is 2.73. The van der Waals surface area contributed by atoms with Crippen LogP contribution in [0.2, 0.25) is 0 Å². The Morgan fingerprint density at radius 2 is 1.94 bits per heavy atom. The molecule has 0 bridgehead atoms. The number of aromatic nitrogens is 2. The van der Waals surface area contributed by atoms with Gasteiger partial charge in [-0.2, -0.15) is 8.78 Å². The first kappa shape index (κ1) is 10.8. The Labute approximate surface area is 92.6 Å². The van der Waals surface area contributed by atoms with Crippen molar-refractivity contribution in [2.24, 2.45) is 0 Å². The summed E-state index contributed by atoms with van der Waals surface area (Å²) < 4.78 is 29.2. The fraction of sp³-hybridized carbons (Fsp3) is 0.250. The third kappa shape index (κ3) is 2.10. The van der Waals surface area contributed by atoms with Gasteiger partial charge in [0.2, 0.25) is 0 Å². The van der Waals surface area contributed by atoms with E-state index in [1.54, 1.807) is 31.3 Å². The monoisotopic (exact) mass is 222 g/mol. The molecule has 0 saturated heterocycles. The number of aryl methyl sites for hydroxylation is 1. The SMILES string of the molecule is Cc1nccn1CC(F)(F)c1ccccc1. The fourth-order valence-corrected chi connectivity index (χ4v) is 1.56. The van der Waals surface area contributed by atoms with Crippen LogP contribution in [0.15, 0.2) is 42.7 Å². The molecule has 1 heterocycles. The molecule has 2 rings (SSSR count). The highest BCUT2D eigenvalue weighted by molar-refractivity contribution is 5.20. The summed E-state index contributed by atoms with van der Waals surface area (Å²) in [7, 11) is 0. The molecule has 2 nitrogen and oxygen atoms in total. The van der Waals surface area contributed by atoms with Gasteiger partial charge in [-0.25, -0.2) is 4.98 Å². The lowest BCUT2D eigenvalue weighted by atomic mass is 10.1. The Bertz CT molecular complexity index is 463. The number of nitrogens with zero attached hydrogens (tertiary/aromatic N) is 2. The average molecular weight is 222 g/mol. The zero-order chi connectivity index (χ0) is 11.6. The molecular weight excluding hydrogens is 210 g/mol. The van der Waals surface area contributed by atoms with Crippen LogP contribution >= 0.6 is 0 Å². The first-order chi connectivity index (χ1) is 7.59. The molecule has 84 valence electrons. The van der Waals surface area contributed by atoms with Crippen LogP contribution in [0.5, 0.6) is 0 Å². The summed E-state index contributed by atoms with van der Waals surface area (Å²) in [5.41, 5.74) is 0.0306. The molecule has 2 aromatic rings. The summed E-state index contributed by atoms with van der Waals surface area (Å²) in [6, 6.07) is 7.83. The summed E-state index contributed by atoms with van der Waals surface area (Å²) >= 11 is 0. The highest BCUT2D eigenvalue weighted by atomic mass is 19.3. The summed E-state index contributed by atoms with van der Waals surface area (Å²) in [4.78, 5) is 3.92. The van der Waals surface area contributed by atoms with Crippen LogP contribution in [0.4, 0.5) is 8.78 Å². The van der Waals surface area contributed by atoms with E-state index in [0.717, 1.165) is 0 Å². The normalized spacial score (nSPS) is 11.7. The molecule has 1 aromatic heterocycles. The number of rotatable bonds is 3. The zero-order valence-electron chi connectivity index (χ0n) is 8.90. The molecular formula is C12H12F2N2. The van der Waals surface area contributed by atoms with Gasteiger partial charge in [0.25, 0.3) is 5.92 Å². The third-order valence-electron chi connectivity index (χ3n) is 2.49. The predicted molar refractivity (Wildman–Crippen MR) is 57.3 cm³/mol. The maximum Gasteiger partial charge on any atom is 0.290 e. The molecule has 4 heteroatoms. The molecule has 0 saturated carbocycles. The van der Waals surface area contributed by atoms with E-state index in [1.165, 1.54) is 22.9 Å². The number of halogens is 2. The molecule has 0 N–H and O–H groups in total. The maximum absolute atomic E-state index is 13.9. The second kappa shape index (κ2) is 4.04. The van der Waals surface area contributed by atoms with Crippen LogP contribution in [-0.4, -0.2) is 9.55 Å². The van der Waals surface area contributed by atoms with Gasteiger partial charge in [-0.15, -0.1) is 0 Å². The van der Waals surface area contributed by atoms with Crippen molar-refractivity contribution in [2.75, 3.05) is 0 Å². The number of hydrogen-bond acceptors (Lipinski definition) is 1. The maximum atomic E-state index is 13.9. The first-order valence-corrected chi connectivity index (χ1v) is 5.01. The highest BCUT2D eigenvalue weighted by Gasteiger charge is 2.32. The van der Waals surface area contributed by atoms with Crippen molar-refractivity contribution >= 4 is 0 Å². The van der Waals surface area contributed by atoms with E-state index in [0.29, 0.717) is 5.82 Å². The standard InChI is InChI=1S/C12H12F2N2/c1-10-15-7-8-16(10)9-12(13,14)11-5-3-2-4-6-11/h2-8H,9H2,1H3. The molecule has 0 aliphatic carbocycles.